The number of carbonyl (C=O) groups excluding carboxylic acids is 2. The van der Waals surface area contributed by atoms with Crippen molar-refractivity contribution in [3.8, 4) is 11.5 Å². The maximum atomic E-state index is 11.9. The molecule has 0 saturated heterocycles. The minimum absolute atomic E-state index is 0.496. The largest absolute Gasteiger partial charge is 0.457 e. The average Bonchev–Trinajstić information content (AvgIpc) is 2.64. The van der Waals surface area contributed by atoms with Gasteiger partial charge in [-0.1, -0.05) is 32.0 Å². The van der Waals surface area contributed by atoms with E-state index in [2.05, 4.69) is 15.8 Å². The Morgan fingerprint density at radius 1 is 0.880 bits per heavy atom. The molecule has 0 spiro atoms. The molecular weight excluding hydrogens is 318 g/mol. The number of ether oxygens (including phenoxy) is 1. The molecule has 0 saturated carbocycles. The molecule has 0 fully saturated rings. The summed E-state index contributed by atoms with van der Waals surface area (Å²) in [6.45, 7) is 3.88. The van der Waals surface area contributed by atoms with E-state index in [0.29, 0.717) is 11.4 Å². The molecule has 6 heteroatoms. The van der Waals surface area contributed by atoms with Crippen LogP contribution in [0.5, 0.6) is 11.5 Å². The first kappa shape index (κ1) is 18.2. The van der Waals surface area contributed by atoms with Gasteiger partial charge in [-0.3, -0.25) is 9.59 Å². The fraction of sp³-hybridized carbons (Fsp3) is 0.211. The number of amides is 2. The summed E-state index contributed by atoms with van der Waals surface area (Å²) in [6, 6.07) is 16.1. The molecule has 0 aliphatic carbocycles. The Morgan fingerprint density at radius 3 is 2.08 bits per heavy atom. The van der Waals surface area contributed by atoms with Gasteiger partial charge in [0.25, 0.3) is 0 Å². The lowest BCUT2D eigenvalue weighted by Crippen LogP contribution is -2.32. The lowest BCUT2D eigenvalue weighted by molar-refractivity contribution is -0.136. The second kappa shape index (κ2) is 9.22. The van der Waals surface area contributed by atoms with Crippen LogP contribution in [-0.4, -0.2) is 17.5 Å². The lowest BCUT2D eigenvalue weighted by atomic mass is 10.2. The zero-order chi connectivity index (χ0) is 18.1. The van der Waals surface area contributed by atoms with Crippen LogP contribution in [0.1, 0.15) is 26.7 Å². The molecular formula is C19H21N3O3. The molecule has 2 aromatic rings. The number of hydrazone groups is 1. The van der Waals surface area contributed by atoms with E-state index in [4.69, 9.17) is 4.74 Å². The summed E-state index contributed by atoms with van der Waals surface area (Å²) < 4.78 is 5.67. The molecule has 130 valence electrons. The number of rotatable bonds is 6. The number of nitrogens with zero attached hydrogens (tertiary/aromatic N) is 1. The highest BCUT2D eigenvalue weighted by molar-refractivity contribution is 6.39. The zero-order valence-corrected chi connectivity index (χ0v) is 14.3. The Kier molecular flexibility index (Phi) is 6.71. The van der Waals surface area contributed by atoms with Gasteiger partial charge in [-0.2, -0.15) is 5.10 Å². The molecule has 2 N–H and O–H groups in total. The number of carbonyl (C=O) groups is 2. The second-order valence-electron chi connectivity index (χ2n) is 5.22. The fourth-order valence-electron chi connectivity index (χ4n) is 2.01. The predicted octanol–water partition coefficient (Wildman–Crippen LogP) is 3.71. The van der Waals surface area contributed by atoms with Crippen molar-refractivity contribution in [1.82, 2.24) is 5.43 Å². The number of nitrogens with one attached hydrogen (secondary N) is 2. The quantitative estimate of drug-likeness (QED) is 0.478. The van der Waals surface area contributed by atoms with Crippen molar-refractivity contribution >= 4 is 23.2 Å². The molecule has 0 radical (unpaired) electrons. The van der Waals surface area contributed by atoms with Crippen LogP contribution in [-0.2, 0) is 9.59 Å². The van der Waals surface area contributed by atoms with Gasteiger partial charge in [-0.05, 0) is 49.2 Å². The van der Waals surface area contributed by atoms with Crippen molar-refractivity contribution in [2.24, 2.45) is 5.10 Å². The predicted molar refractivity (Wildman–Crippen MR) is 97.7 cm³/mol. The Hall–Kier alpha value is -3.15. The summed E-state index contributed by atoms with van der Waals surface area (Å²) in [5, 5.41) is 6.44. The highest BCUT2D eigenvalue weighted by Crippen LogP contribution is 2.22. The summed E-state index contributed by atoms with van der Waals surface area (Å²) in [7, 11) is 0. The maximum Gasteiger partial charge on any atom is 0.329 e. The molecule has 25 heavy (non-hydrogen) atoms. The van der Waals surface area contributed by atoms with Crippen LogP contribution in [0.25, 0.3) is 0 Å². The topological polar surface area (TPSA) is 79.8 Å². The number of anilines is 1. The van der Waals surface area contributed by atoms with Gasteiger partial charge in [0.15, 0.2) is 0 Å². The van der Waals surface area contributed by atoms with Crippen LogP contribution in [0, 0.1) is 0 Å². The van der Waals surface area contributed by atoms with Crippen molar-refractivity contribution in [1.29, 1.82) is 0 Å². The van der Waals surface area contributed by atoms with Crippen molar-refractivity contribution < 1.29 is 14.3 Å². The van der Waals surface area contributed by atoms with E-state index < -0.39 is 11.8 Å². The summed E-state index contributed by atoms with van der Waals surface area (Å²) in [6.07, 6.45) is 1.45. The summed E-state index contributed by atoms with van der Waals surface area (Å²) in [5.74, 6) is -0.219. The first-order valence-electron chi connectivity index (χ1n) is 8.12. The van der Waals surface area contributed by atoms with Crippen LogP contribution in [0.15, 0.2) is 59.7 Å². The Bertz CT molecular complexity index is 734. The van der Waals surface area contributed by atoms with E-state index in [1.54, 1.807) is 24.3 Å². The van der Waals surface area contributed by atoms with E-state index >= 15 is 0 Å². The summed E-state index contributed by atoms with van der Waals surface area (Å²) >= 11 is 0. The number of hydrogen-bond donors (Lipinski definition) is 2. The number of hydrogen-bond acceptors (Lipinski definition) is 4. The molecule has 2 aromatic carbocycles. The number of benzene rings is 2. The maximum absolute atomic E-state index is 11.9. The molecule has 0 atom stereocenters. The molecule has 0 aromatic heterocycles. The lowest BCUT2D eigenvalue weighted by Gasteiger charge is -2.08. The third-order valence-electron chi connectivity index (χ3n) is 3.43. The van der Waals surface area contributed by atoms with Crippen LogP contribution >= 0.6 is 0 Å². The van der Waals surface area contributed by atoms with Crippen LogP contribution < -0.4 is 15.5 Å². The van der Waals surface area contributed by atoms with Crippen LogP contribution in [0.3, 0.4) is 0 Å². The van der Waals surface area contributed by atoms with Gasteiger partial charge in [-0.25, -0.2) is 5.43 Å². The van der Waals surface area contributed by atoms with Crippen molar-refractivity contribution in [2.75, 3.05) is 5.32 Å². The minimum atomic E-state index is -0.802. The van der Waals surface area contributed by atoms with E-state index in [-0.39, 0.29) is 0 Å². The van der Waals surface area contributed by atoms with E-state index in [9.17, 15) is 9.59 Å². The Morgan fingerprint density at radius 2 is 1.48 bits per heavy atom. The molecule has 6 nitrogen and oxygen atoms in total. The standard InChI is InChI=1S/C19H21N3O3/c1-3-14(4-2)21-22-19(24)18(23)20-15-10-12-17(13-11-15)25-16-8-6-5-7-9-16/h5-13H,3-4H2,1-2H3,(H,20,23)(H,22,24). The zero-order valence-electron chi connectivity index (χ0n) is 14.3. The van der Waals surface area contributed by atoms with Gasteiger partial charge >= 0.3 is 11.8 Å². The molecule has 2 rings (SSSR count). The average molecular weight is 339 g/mol. The molecule has 0 bridgehead atoms. The molecule has 0 aliphatic heterocycles. The van der Waals surface area contributed by atoms with E-state index in [0.717, 1.165) is 24.3 Å². The first-order chi connectivity index (χ1) is 12.1. The van der Waals surface area contributed by atoms with Gasteiger partial charge in [-0.15, -0.1) is 0 Å². The van der Waals surface area contributed by atoms with Gasteiger partial charge < -0.3 is 10.1 Å². The SMILES string of the molecule is CCC(CC)=NNC(=O)C(=O)Nc1ccc(Oc2ccccc2)cc1. The monoisotopic (exact) mass is 339 g/mol. The van der Waals surface area contributed by atoms with E-state index in [1.165, 1.54) is 0 Å². The van der Waals surface area contributed by atoms with Gasteiger partial charge in [0.1, 0.15) is 11.5 Å². The van der Waals surface area contributed by atoms with Crippen molar-refractivity contribution in [3.63, 3.8) is 0 Å². The highest BCUT2D eigenvalue weighted by Gasteiger charge is 2.13. The smallest absolute Gasteiger partial charge is 0.329 e. The minimum Gasteiger partial charge on any atom is -0.457 e. The highest BCUT2D eigenvalue weighted by atomic mass is 16.5. The third-order valence-corrected chi connectivity index (χ3v) is 3.43. The molecule has 0 aliphatic rings. The van der Waals surface area contributed by atoms with Crippen molar-refractivity contribution in [2.45, 2.75) is 26.7 Å². The van der Waals surface area contributed by atoms with Crippen LogP contribution in [0.2, 0.25) is 0 Å². The van der Waals surface area contributed by atoms with Gasteiger partial charge in [0, 0.05) is 11.4 Å². The summed E-state index contributed by atoms with van der Waals surface area (Å²) in [5.41, 5.74) is 3.58. The van der Waals surface area contributed by atoms with Gasteiger partial charge in [0.05, 0.1) is 0 Å². The third kappa shape index (κ3) is 5.76. The molecule has 0 heterocycles. The second-order valence-corrected chi connectivity index (χ2v) is 5.22. The summed E-state index contributed by atoms with van der Waals surface area (Å²) in [4.78, 5) is 23.6. The number of para-hydroxylation sites is 1. The van der Waals surface area contributed by atoms with Crippen molar-refractivity contribution in [3.05, 3.63) is 54.6 Å². The molecule has 2 amide bonds. The Labute approximate surface area is 146 Å². The fourth-order valence-corrected chi connectivity index (χ4v) is 2.01. The normalized spacial score (nSPS) is 9.84. The van der Waals surface area contributed by atoms with Gasteiger partial charge in [0.2, 0.25) is 0 Å². The van der Waals surface area contributed by atoms with E-state index in [1.807, 2.05) is 44.2 Å². The Balaban J connectivity index is 1.91. The molecule has 0 unspecified atom stereocenters. The van der Waals surface area contributed by atoms with Crippen LogP contribution in [0.4, 0.5) is 5.69 Å². The first-order valence-corrected chi connectivity index (χ1v) is 8.12.